The third kappa shape index (κ3) is 3.35. The largest absolute Gasteiger partial charge is 0.309 e. The van der Waals surface area contributed by atoms with Crippen LogP contribution in [-0.2, 0) is 0 Å². The highest BCUT2D eigenvalue weighted by Crippen LogP contribution is 2.31. The Kier molecular flexibility index (Phi) is 5.76. The summed E-state index contributed by atoms with van der Waals surface area (Å²) in [4.78, 5) is 0. The highest BCUT2D eigenvalue weighted by molar-refractivity contribution is 5.81. The first-order valence-corrected chi connectivity index (χ1v) is 7.79. The van der Waals surface area contributed by atoms with Crippen molar-refractivity contribution >= 4 is 24.3 Å². The lowest BCUT2D eigenvalue weighted by Gasteiger charge is -2.10. The van der Waals surface area contributed by atoms with Crippen molar-refractivity contribution in [1.82, 2.24) is 4.57 Å². The first kappa shape index (κ1) is 16.6. The molecule has 0 atom stereocenters. The molecule has 1 aromatic heterocycles. The molecule has 0 bridgehead atoms. The quantitative estimate of drug-likeness (QED) is 0.545. The number of rotatable bonds is 6. The van der Waals surface area contributed by atoms with Crippen LogP contribution in [0.4, 0.5) is 0 Å². The van der Waals surface area contributed by atoms with Crippen molar-refractivity contribution in [1.29, 1.82) is 0 Å². The third-order valence-electron chi connectivity index (χ3n) is 3.59. The summed E-state index contributed by atoms with van der Waals surface area (Å²) in [6.07, 6.45) is 16.2. The van der Waals surface area contributed by atoms with E-state index in [0.717, 1.165) is 22.6 Å². The lowest BCUT2D eigenvalue weighted by Crippen LogP contribution is -1.99. The lowest BCUT2D eigenvalue weighted by molar-refractivity contribution is 1.04. The van der Waals surface area contributed by atoms with Gasteiger partial charge in [0.05, 0.1) is 11.4 Å². The van der Waals surface area contributed by atoms with Crippen LogP contribution in [0.2, 0.25) is 0 Å². The standard InChI is InChI=1S/C22H23N/c1-5-9-17-20-19(13-6-2)22(14-7-3)23(21(20)8-4)18-15-11-10-12-16-18/h5-17H,1,4H2,2-3H3/b13-6-,14-7-,17-9-. The zero-order valence-electron chi connectivity index (χ0n) is 13.9. The van der Waals surface area contributed by atoms with Crippen LogP contribution >= 0.6 is 0 Å². The Morgan fingerprint density at radius 2 is 1.48 bits per heavy atom. The molecular weight excluding hydrogens is 278 g/mol. The molecule has 0 unspecified atom stereocenters. The van der Waals surface area contributed by atoms with E-state index in [1.165, 1.54) is 5.56 Å². The Labute approximate surface area is 139 Å². The van der Waals surface area contributed by atoms with E-state index in [1.54, 1.807) is 6.08 Å². The number of nitrogens with zero attached hydrogens (tertiary/aromatic N) is 1. The van der Waals surface area contributed by atoms with Crippen molar-refractivity contribution in [3.8, 4) is 5.69 Å². The van der Waals surface area contributed by atoms with Crippen LogP contribution in [-0.4, -0.2) is 4.57 Å². The Balaban J connectivity index is 2.90. The van der Waals surface area contributed by atoms with Gasteiger partial charge in [-0.25, -0.2) is 0 Å². The fourth-order valence-corrected chi connectivity index (χ4v) is 2.71. The topological polar surface area (TPSA) is 4.93 Å². The van der Waals surface area contributed by atoms with E-state index in [1.807, 2.05) is 32.1 Å². The number of para-hydroxylation sites is 1. The predicted molar refractivity (Wildman–Crippen MR) is 105 cm³/mol. The van der Waals surface area contributed by atoms with Gasteiger partial charge in [-0.1, -0.05) is 67.8 Å². The summed E-state index contributed by atoms with van der Waals surface area (Å²) >= 11 is 0. The van der Waals surface area contributed by atoms with Crippen LogP contribution in [0, 0.1) is 0 Å². The van der Waals surface area contributed by atoms with E-state index in [9.17, 15) is 0 Å². The zero-order valence-corrected chi connectivity index (χ0v) is 13.9. The van der Waals surface area contributed by atoms with Gasteiger partial charge in [0.25, 0.3) is 0 Å². The average Bonchev–Trinajstić information content (AvgIpc) is 2.87. The normalized spacial score (nSPS) is 11.7. The van der Waals surface area contributed by atoms with Crippen LogP contribution in [0.5, 0.6) is 0 Å². The SMILES string of the molecule is C=C/C=C\c1c(/C=C\C)c(/C=C\C)n(-c2ccccc2)c1C=C. The molecule has 0 aliphatic carbocycles. The van der Waals surface area contributed by atoms with Crippen LogP contribution in [0.3, 0.4) is 0 Å². The smallest absolute Gasteiger partial charge is 0.0537 e. The van der Waals surface area contributed by atoms with Crippen molar-refractivity contribution in [2.24, 2.45) is 0 Å². The first-order chi connectivity index (χ1) is 11.3. The molecule has 23 heavy (non-hydrogen) atoms. The summed E-state index contributed by atoms with van der Waals surface area (Å²) < 4.78 is 2.24. The molecule has 0 fully saturated rings. The van der Waals surface area contributed by atoms with E-state index in [-0.39, 0.29) is 0 Å². The van der Waals surface area contributed by atoms with Gasteiger partial charge in [-0.15, -0.1) is 0 Å². The average molecular weight is 301 g/mol. The Morgan fingerprint density at radius 3 is 2.04 bits per heavy atom. The molecule has 2 aromatic rings. The van der Waals surface area contributed by atoms with E-state index >= 15 is 0 Å². The fraction of sp³-hybridized carbons (Fsp3) is 0.0909. The monoisotopic (exact) mass is 301 g/mol. The molecule has 0 spiro atoms. The van der Waals surface area contributed by atoms with Gasteiger partial charge in [-0.05, 0) is 38.1 Å². The van der Waals surface area contributed by atoms with E-state index in [2.05, 4.69) is 72.4 Å². The predicted octanol–water partition coefficient (Wildman–Crippen LogP) is 6.39. The van der Waals surface area contributed by atoms with Gasteiger partial charge in [0.15, 0.2) is 0 Å². The van der Waals surface area contributed by atoms with Gasteiger partial charge in [0, 0.05) is 16.8 Å². The van der Waals surface area contributed by atoms with Gasteiger partial charge < -0.3 is 4.57 Å². The van der Waals surface area contributed by atoms with Gasteiger partial charge in [-0.2, -0.15) is 0 Å². The molecule has 2 rings (SSSR count). The second-order valence-electron chi connectivity index (χ2n) is 5.07. The molecule has 0 N–H and O–H groups in total. The molecule has 1 heteroatoms. The maximum Gasteiger partial charge on any atom is 0.0537 e. The second-order valence-corrected chi connectivity index (χ2v) is 5.07. The Bertz CT molecular complexity index is 768. The molecule has 0 radical (unpaired) electrons. The minimum atomic E-state index is 1.08. The highest BCUT2D eigenvalue weighted by atomic mass is 15.0. The molecule has 0 amide bonds. The summed E-state index contributed by atoms with van der Waals surface area (Å²) in [5.74, 6) is 0. The number of hydrogen-bond donors (Lipinski definition) is 0. The van der Waals surface area contributed by atoms with E-state index in [0.29, 0.717) is 0 Å². The summed E-state index contributed by atoms with van der Waals surface area (Å²) in [5.41, 5.74) is 5.68. The summed E-state index contributed by atoms with van der Waals surface area (Å²) in [6, 6.07) is 10.4. The van der Waals surface area contributed by atoms with E-state index < -0.39 is 0 Å². The van der Waals surface area contributed by atoms with Crippen molar-refractivity contribution in [3.05, 3.63) is 90.3 Å². The maximum absolute atomic E-state index is 4.03. The molecule has 0 aliphatic heterocycles. The van der Waals surface area contributed by atoms with Crippen molar-refractivity contribution in [2.45, 2.75) is 13.8 Å². The van der Waals surface area contributed by atoms with Crippen molar-refractivity contribution < 1.29 is 0 Å². The maximum atomic E-state index is 4.03. The Hall–Kier alpha value is -2.80. The number of hydrogen-bond acceptors (Lipinski definition) is 0. The molecule has 116 valence electrons. The number of benzene rings is 1. The molecule has 1 aromatic carbocycles. The molecular formula is C22H23N. The zero-order chi connectivity index (χ0) is 16.7. The lowest BCUT2D eigenvalue weighted by atomic mass is 10.1. The van der Waals surface area contributed by atoms with Gasteiger partial charge in [-0.3, -0.25) is 0 Å². The highest BCUT2D eigenvalue weighted by Gasteiger charge is 2.17. The summed E-state index contributed by atoms with van der Waals surface area (Å²) in [6.45, 7) is 11.9. The van der Waals surface area contributed by atoms with Crippen LogP contribution in [0.15, 0.2) is 67.8 Å². The molecule has 1 heterocycles. The molecule has 0 saturated heterocycles. The summed E-state index contributed by atoms with van der Waals surface area (Å²) in [5, 5.41) is 0. The minimum Gasteiger partial charge on any atom is -0.309 e. The minimum absolute atomic E-state index is 1.08. The van der Waals surface area contributed by atoms with Crippen molar-refractivity contribution in [3.63, 3.8) is 0 Å². The van der Waals surface area contributed by atoms with Gasteiger partial charge in [0.2, 0.25) is 0 Å². The molecule has 0 aliphatic rings. The van der Waals surface area contributed by atoms with Crippen LogP contribution in [0.25, 0.3) is 30.0 Å². The van der Waals surface area contributed by atoms with Crippen molar-refractivity contribution in [2.75, 3.05) is 0 Å². The van der Waals surface area contributed by atoms with Gasteiger partial charge in [0.1, 0.15) is 0 Å². The van der Waals surface area contributed by atoms with Crippen LogP contribution < -0.4 is 0 Å². The first-order valence-electron chi connectivity index (χ1n) is 7.79. The number of allylic oxidation sites excluding steroid dienone is 4. The number of aromatic nitrogens is 1. The van der Waals surface area contributed by atoms with Gasteiger partial charge >= 0.3 is 0 Å². The molecule has 1 nitrogen and oxygen atoms in total. The fourth-order valence-electron chi connectivity index (χ4n) is 2.71. The van der Waals surface area contributed by atoms with E-state index in [4.69, 9.17) is 0 Å². The van der Waals surface area contributed by atoms with Crippen LogP contribution in [0.1, 0.15) is 36.4 Å². The molecule has 0 saturated carbocycles. The third-order valence-corrected chi connectivity index (χ3v) is 3.59. The Morgan fingerprint density at radius 1 is 0.826 bits per heavy atom. The summed E-state index contributed by atoms with van der Waals surface area (Å²) in [7, 11) is 0. The second kappa shape index (κ2) is 8.00.